The third-order valence-corrected chi connectivity index (χ3v) is 6.20. The predicted molar refractivity (Wildman–Crippen MR) is 105 cm³/mol. The van der Waals surface area contributed by atoms with Gasteiger partial charge in [0.15, 0.2) is 6.61 Å². The van der Waals surface area contributed by atoms with E-state index in [0.29, 0.717) is 18.7 Å². The van der Waals surface area contributed by atoms with Crippen LogP contribution in [0.5, 0.6) is 0 Å². The molecule has 150 valence electrons. The molecule has 8 heteroatoms. The van der Waals surface area contributed by atoms with E-state index in [4.69, 9.17) is 4.74 Å². The van der Waals surface area contributed by atoms with Gasteiger partial charge < -0.3 is 9.64 Å². The van der Waals surface area contributed by atoms with Crippen LogP contribution < -0.4 is 0 Å². The molecular formula is C21H20N2O5S. The number of hydrogen-bond donors (Lipinski definition) is 0. The Labute approximate surface area is 171 Å². The Balaban J connectivity index is 1.29. The van der Waals surface area contributed by atoms with Crippen molar-refractivity contribution in [2.24, 2.45) is 0 Å². The van der Waals surface area contributed by atoms with Crippen LogP contribution in [0.4, 0.5) is 0 Å². The van der Waals surface area contributed by atoms with Crippen molar-refractivity contribution in [3.05, 3.63) is 57.3 Å². The fourth-order valence-corrected chi connectivity index (χ4v) is 4.38. The van der Waals surface area contributed by atoms with Gasteiger partial charge in [0.25, 0.3) is 5.91 Å². The van der Waals surface area contributed by atoms with E-state index in [9.17, 15) is 19.2 Å². The van der Waals surface area contributed by atoms with E-state index in [-0.39, 0.29) is 43.7 Å². The first-order chi connectivity index (χ1) is 14.0. The van der Waals surface area contributed by atoms with E-state index in [0.717, 1.165) is 17.5 Å². The minimum absolute atomic E-state index is 0.177. The lowest BCUT2D eigenvalue weighted by Crippen LogP contribution is -2.38. The number of nitrogens with zero attached hydrogens (tertiary/aromatic N) is 2. The first kappa shape index (κ1) is 19.3. The summed E-state index contributed by atoms with van der Waals surface area (Å²) in [5.41, 5.74) is 2.23. The molecule has 0 unspecified atom stereocenters. The summed E-state index contributed by atoms with van der Waals surface area (Å²) in [5.74, 6) is -1.14. The van der Waals surface area contributed by atoms with Crippen molar-refractivity contribution >= 4 is 35.0 Å². The van der Waals surface area contributed by atoms with Gasteiger partial charge in [-0.15, -0.1) is 11.3 Å². The van der Waals surface area contributed by atoms with Crippen molar-refractivity contribution in [2.45, 2.75) is 32.4 Å². The van der Waals surface area contributed by atoms with Crippen molar-refractivity contribution in [2.75, 3.05) is 13.2 Å². The van der Waals surface area contributed by atoms with E-state index in [2.05, 4.69) is 0 Å². The maximum atomic E-state index is 12.4. The van der Waals surface area contributed by atoms with Crippen LogP contribution in [0.25, 0.3) is 0 Å². The standard InChI is InChI=1S/C21H20N2O5S/c24-18-5-6-19(25)23(18)11-14-1-3-15(4-2-14)21(27)28-13-20(26)22-9-7-17-16(12-22)8-10-29-17/h1-4,8,10H,5-7,9,11-13H2. The molecule has 0 saturated carbocycles. The van der Waals surface area contributed by atoms with Crippen molar-refractivity contribution in [1.29, 1.82) is 0 Å². The van der Waals surface area contributed by atoms with E-state index < -0.39 is 5.97 Å². The number of carbonyl (C=O) groups is 4. The number of benzene rings is 1. The van der Waals surface area contributed by atoms with Crippen molar-refractivity contribution < 1.29 is 23.9 Å². The molecule has 2 aliphatic heterocycles. The number of esters is 1. The van der Waals surface area contributed by atoms with Crippen LogP contribution in [0.15, 0.2) is 35.7 Å². The molecule has 0 radical (unpaired) electrons. The summed E-state index contributed by atoms with van der Waals surface area (Å²) < 4.78 is 5.17. The zero-order chi connectivity index (χ0) is 20.4. The number of hydrogen-bond acceptors (Lipinski definition) is 6. The molecule has 0 bridgehead atoms. The van der Waals surface area contributed by atoms with Crippen LogP contribution in [-0.4, -0.2) is 46.6 Å². The van der Waals surface area contributed by atoms with Gasteiger partial charge in [-0.2, -0.15) is 0 Å². The van der Waals surface area contributed by atoms with Crippen LogP contribution in [-0.2, 0) is 38.6 Å². The number of amides is 3. The molecule has 4 rings (SSSR count). The Morgan fingerprint density at radius 1 is 1.00 bits per heavy atom. The fraction of sp³-hybridized carbons (Fsp3) is 0.333. The topological polar surface area (TPSA) is 84.0 Å². The molecule has 1 aromatic carbocycles. The number of rotatable bonds is 5. The second-order valence-corrected chi connectivity index (χ2v) is 8.08. The van der Waals surface area contributed by atoms with Gasteiger partial charge in [0.05, 0.1) is 12.1 Å². The first-order valence-electron chi connectivity index (χ1n) is 9.43. The molecule has 0 N–H and O–H groups in total. The van der Waals surface area contributed by atoms with Gasteiger partial charge in [-0.25, -0.2) is 4.79 Å². The van der Waals surface area contributed by atoms with Gasteiger partial charge >= 0.3 is 5.97 Å². The maximum absolute atomic E-state index is 12.4. The molecular weight excluding hydrogens is 392 g/mol. The number of likely N-dealkylation sites (tertiary alicyclic amines) is 1. The molecule has 2 aromatic rings. The zero-order valence-electron chi connectivity index (χ0n) is 15.8. The molecule has 1 fully saturated rings. The molecule has 2 aliphatic rings. The summed E-state index contributed by atoms with van der Waals surface area (Å²) in [5, 5.41) is 2.03. The Hall–Kier alpha value is -3.00. The Kier molecular flexibility index (Phi) is 5.44. The predicted octanol–water partition coefficient (Wildman–Crippen LogP) is 2.14. The molecule has 3 heterocycles. The summed E-state index contributed by atoms with van der Waals surface area (Å²) in [6.07, 6.45) is 1.33. The van der Waals surface area contributed by atoms with Crippen LogP contribution in [0.1, 0.15) is 39.2 Å². The van der Waals surface area contributed by atoms with Crippen LogP contribution in [0.3, 0.4) is 0 Å². The van der Waals surface area contributed by atoms with Gasteiger partial charge in [0, 0.05) is 30.8 Å². The Bertz CT molecular complexity index is 950. The van der Waals surface area contributed by atoms with Crippen molar-refractivity contribution in [3.63, 3.8) is 0 Å². The average molecular weight is 412 g/mol. The third kappa shape index (κ3) is 4.22. The van der Waals surface area contributed by atoms with E-state index in [1.165, 1.54) is 9.78 Å². The van der Waals surface area contributed by atoms with E-state index >= 15 is 0 Å². The second kappa shape index (κ2) is 8.16. The highest BCUT2D eigenvalue weighted by Crippen LogP contribution is 2.24. The van der Waals surface area contributed by atoms with Gasteiger partial charge in [0.1, 0.15) is 0 Å². The Morgan fingerprint density at radius 2 is 1.72 bits per heavy atom. The second-order valence-electron chi connectivity index (χ2n) is 7.08. The fourth-order valence-electron chi connectivity index (χ4n) is 3.49. The van der Waals surface area contributed by atoms with Crippen LogP contribution in [0.2, 0.25) is 0 Å². The molecule has 1 saturated heterocycles. The smallest absolute Gasteiger partial charge is 0.338 e. The normalized spacial score (nSPS) is 16.1. The lowest BCUT2D eigenvalue weighted by atomic mass is 10.1. The number of carbonyl (C=O) groups excluding carboxylic acids is 4. The SMILES string of the molecule is O=C(OCC(=O)N1CCc2sccc2C1)c1ccc(CN2C(=O)CCC2=O)cc1. The number of imide groups is 1. The molecule has 0 atom stereocenters. The number of fused-ring (bicyclic) bond motifs is 1. The largest absolute Gasteiger partial charge is 0.452 e. The summed E-state index contributed by atoms with van der Waals surface area (Å²) in [7, 11) is 0. The molecule has 3 amide bonds. The van der Waals surface area contributed by atoms with Crippen LogP contribution >= 0.6 is 11.3 Å². The average Bonchev–Trinajstić information content (AvgIpc) is 3.33. The minimum Gasteiger partial charge on any atom is -0.452 e. The first-order valence-corrected chi connectivity index (χ1v) is 10.3. The molecule has 7 nitrogen and oxygen atoms in total. The minimum atomic E-state index is -0.577. The van der Waals surface area contributed by atoms with Crippen LogP contribution in [0, 0.1) is 0 Å². The molecule has 1 aromatic heterocycles. The van der Waals surface area contributed by atoms with E-state index in [1.54, 1.807) is 40.5 Å². The van der Waals surface area contributed by atoms with Gasteiger partial charge in [-0.05, 0) is 41.1 Å². The van der Waals surface area contributed by atoms with E-state index in [1.807, 2.05) is 11.4 Å². The highest BCUT2D eigenvalue weighted by atomic mass is 32.1. The lowest BCUT2D eigenvalue weighted by molar-refractivity contribution is -0.139. The summed E-state index contributed by atoms with van der Waals surface area (Å²) in [4.78, 5) is 52.2. The Morgan fingerprint density at radius 3 is 2.45 bits per heavy atom. The van der Waals surface area contributed by atoms with Gasteiger partial charge in [-0.1, -0.05) is 12.1 Å². The zero-order valence-corrected chi connectivity index (χ0v) is 16.6. The molecule has 0 aliphatic carbocycles. The quantitative estimate of drug-likeness (QED) is 0.555. The maximum Gasteiger partial charge on any atom is 0.338 e. The highest BCUT2D eigenvalue weighted by Gasteiger charge is 2.28. The summed E-state index contributed by atoms with van der Waals surface area (Å²) in [6.45, 7) is 1.09. The van der Waals surface area contributed by atoms with Gasteiger partial charge in [0.2, 0.25) is 11.8 Å². The van der Waals surface area contributed by atoms with Crippen molar-refractivity contribution in [1.82, 2.24) is 9.80 Å². The van der Waals surface area contributed by atoms with Gasteiger partial charge in [-0.3, -0.25) is 19.3 Å². The number of ether oxygens (including phenoxy) is 1. The molecule has 29 heavy (non-hydrogen) atoms. The summed E-state index contributed by atoms with van der Waals surface area (Å²) in [6, 6.07) is 8.54. The lowest BCUT2D eigenvalue weighted by Gasteiger charge is -2.26. The van der Waals surface area contributed by atoms with Crippen molar-refractivity contribution in [3.8, 4) is 0 Å². The number of thiophene rings is 1. The molecule has 0 spiro atoms. The highest BCUT2D eigenvalue weighted by molar-refractivity contribution is 7.10. The third-order valence-electron chi connectivity index (χ3n) is 5.17. The summed E-state index contributed by atoms with van der Waals surface area (Å²) >= 11 is 1.70. The monoisotopic (exact) mass is 412 g/mol.